The van der Waals surface area contributed by atoms with Gasteiger partial charge in [0.05, 0.1) is 6.42 Å². The van der Waals surface area contributed by atoms with Crippen molar-refractivity contribution in [2.75, 3.05) is 27.2 Å². The summed E-state index contributed by atoms with van der Waals surface area (Å²) in [5.41, 5.74) is 0. The lowest BCUT2D eigenvalue weighted by Gasteiger charge is -2.35. The predicted molar refractivity (Wildman–Crippen MR) is 54.8 cm³/mol. The first-order valence-electron chi connectivity index (χ1n) is 4.91. The van der Waals surface area contributed by atoms with E-state index in [9.17, 15) is 14.4 Å². The minimum atomic E-state index is -1.10. The molecule has 1 rings (SSSR count). The second kappa shape index (κ2) is 4.82. The smallest absolute Gasteiger partial charge is 0.320 e. The highest BCUT2D eigenvalue weighted by molar-refractivity contribution is 5.91. The molecule has 0 aromatic rings. The Bertz CT molecular complexity index is 316. The average Bonchev–Trinajstić information content (AvgIpc) is 2.19. The van der Waals surface area contributed by atoms with Gasteiger partial charge in [0.1, 0.15) is 6.04 Å². The van der Waals surface area contributed by atoms with Gasteiger partial charge in [-0.25, -0.2) is 4.79 Å². The van der Waals surface area contributed by atoms with Gasteiger partial charge in [-0.1, -0.05) is 0 Å². The largest absolute Gasteiger partial charge is 0.481 e. The van der Waals surface area contributed by atoms with Crippen molar-refractivity contribution in [2.45, 2.75) is 12.5 Å². The van der Waals surface area contributed by atoms with Crippen molar-refractivity contribution in [3.05, 3.63) is 0 Å². The number of carboxylic acids is 1. The highest BCUT2D eigenvalue weighted by Crippen LogP contribution is 2.10. The summed E-state index contributed by atoms with van der Waals surface area (Å²) in [5.74, 6) is -1.51. The number of urea groups is 1. The second-order valence-electron chi connectivity index (χ2n) is 3.78. The van der Waals surface area contributed by atoms with Crippen LogP contribution in [0.3, 0.4) is 0 Å². The van der Waals surface area contributed by atoms with Gasteiger partial charge in [0.15, 0.2) is 0 Å². The van der Waals surface area contributed by atoms with E-state index in [0.717, 1.165) is 0 Å². The van der Waals surface area contributed by atoms with Crippen LogP contribution in [0.15, 0.2) is 0 Å². The van der Waals surface area contributed by atoms with E-state index in [1.807, 2.05) is 0 Å². The molecule has 2 N–H and O–H groups in total. The molecule has 0 spiro atoms. The molecule has 0 aromatic heterocycles. The van der Waals surface area contributed by atoms with Crippen LogP contribution in [0, 0.1) is 0 Å². The number of piperazine rings is 1. The van der Waals surface area contributed by atoms with Gasteiger partial charge in [0.2, 0.25) is 5.91 Å². The molecular weight excluding hydrogens is 214 g/mol. The summed E-state index contributed by atoms with van der Waals surface area (Å²) in [6, 6.07) is -1.26. The van der Waals surface area contributed by atoms with Crippen molar-refractivity contribution in [2.24, 2.45) is 0 Å². The molecule has 0 saturated carbocycles. The van der Waals surface area contributed by atoms with Crippen molar-refractivity contribution in [1.29, 1.82) is 0 Å². The van der Waals surface area contributed by atoms with Gasteiger partial charge in [-0.2, -0.15) is 0 Å². The van der Waals surface area contributed by atoms with E-state index in [0.29, 0.717) is 13.1 Å². The van der Waals surface area contributed by atoms with Gasteiger partial charge < -0.3 is 20.2 Å². The number of carbonyl (C=O) groups is 3. The predicted octanol–water partition coefficient (Wildman–Crippen LogP) is -1.06. The molecule has 1 aliphatic heterocycles. The number of hydrogen-bond donors (Lipinski definition) is 2. The fraction of sp³-hybridized carbons (Fsp3) is 0.667. The summed E-state index contributed by atoms with van der Waals surface area (Å²) in [7, 11) is 3.12. The van der Waals surface area contributed by atoms with Crippen LogP contribution in [0.2, 0.25) is 0 Å². The Morgan fingerprint density at radius 3 is 2.69 bits per heavy atom. The van der Waals surface area contributed by atoms with Crippen LogP contribution >= 0.6 is 0 Å². The first-order chi connectivity index (χ1) is 7.43. The lowest BCUT2D eigenvalue weighted by atomic mass is 10.1. The Morgan fingerprint density at radius 1 is 1.56 bits per heavy atom. The quantitative estimate of drug-likeness (QED) is 0.631. The first kappa shape index (κ1) is 12.3. The van der Waals surface area contributed by atoms with Gasteiger partial charge in [-0.05, 0) is 0 Å². The van der Waals surface area contributed by atoms with Crippen LogP contribution < -0.4 is 5.32 Å². The van der Waals surface area contributed by atoms with Crippen LogP contribution in [0.1, 0.15) is 6.42 Å². The van der Waals surface area contributed by atoms with Gasteiger partial charge >= 0.3 is 12.0 Å². The van der Waals surface area contributed by atoms with E-state index in [1.165, 1.54) is 9.80 Å². The Kier molecular flexibility index (Phi) is 3.70. The third kappa shape index (κ3) is 2.62. The number of nitrogens with one attached hydrogen (secondary N) is 1. The number of rotatable bonds is 2. The molecule has 1 aliphatic rings. The summed E-state index contributed by atoms with van der Waals surface area (Å²) >= 11 is 0. The molecular formula is C9H15N3O4. The summed E-state index contributed by atoms with van der Waals surface area (Å²) in [5, 5.41) is 11.2. The maximum absolute atomic E-state index is 11.7. The third-order valence-electron chi connectivity index (χ3n) is 2.33. The molecule has 0 radical (unpaired) electrons. The molecule has 0 aromatic carbocycles. The number of carboxylic acid groups (broad SMARTS) is 1. The number of hydrogen-bond acceptors (Lipinski definition) is 3. The van der Waals surface area contributed by atoms with E-state index < -0.39 is 17.9 Å². The fourth-order valence-electron chi connectivity index (χ4n) is 1.57. The molecule has 7 nitrogen and oxygen atoms in total. The average molecular weight is 229 g/mol. The summed E-state index contributed by atoms with van der Waals surface area (Å²) in [6.07, 6.45) is -0.370. The van der Waals surface area contributed by atoms with Gasteiger partial charge in [-0.3, -0.25) is 9.59 Å². The van der Waals surface area contributed by atoms with Crippen molar-refractivity contribution in [3.63, 3.8) is 0 Å². The molecule has 3 amide bonds. The lowest BCUT2D eigenvalue weighted by molar-refractivity contribution is -0.142. The Balaban J connectivity index is 2.82. The summed E-state index contributed by atoms with van der Waals surface area (Å²) < 4.78 is 0. The third-order valence-corrected chi connectivity index (χ3v) is 2.33. The van der Waals surface area contributed by atoms with E-state index >= 15 is 0 Å². The van der Waals surface area contributed by atoms with Gasteiger partial charge in [0.25, 0.3) is 0 Å². The number of carbonyl (C=O) groups excluding carboxylic acids is 2. The van der Waals surface area contributed by atoms with Crippen LogP contribution in [0.4, 0.5) is 4.79 Å². The van der Waals surface area contributed by atoms with Crippen molar-refractivity contribution < 1.29 is 19.5 Å². The zero-order valence-corrected chi connectivity index (χ0v) is 9.27. The van der Waals surface area contributed by atoms with Crippen LogP contribution in [-0.2, 0) is 9.59 Å². The van der Waals surface area contributed by atoms with Crippen LogP contribution in [0.5, 0.6) is 0 Å². The second-order valence-corrected chi connectivity index (χ2v) is 3.78. The van der Waals surface area contributed by atoms with Crippen molar-refractivity contribution >= 4 is 17.9 Å². The Hall–Kier alpha value is -1.79. The zero-order valence-electron chi connectivity index (χ0n) is 9.27. The lowest BCUT2D eigenvalue weighted by Crippen LogP contribution is -2.59. The molecule has 0 aliphatic carbocycles. The molecule has 1 fully saturated rings. The fourth-order valence-corrected chi connectivity index (χ4v) is 1.57. The molecule has 7 heteroatoms. The van der Waals surface area contributed by atoms with E-state index in [4.69, 9.17) is 5.11 Å². The normalized spacial score (nSPS) is 20.2. The SMILES string of the molecule is CN(C)C(=O)N1CCNC(=O)C1CC(=O)O. The minimum Gasteiger partial charge on any atom is -0.481 e. The van der Waals surface area contributed by atoms with Crippen molar-refractivity contribution in [3.8, 4) is 0 Å². The van der Waals surface area contributed by atoms with E-state index in [2.05, 4.69) is 5.32 Å². The number of aliphatic carboxylic acids is 1. The van der Waals surface area contributed by atoms with Crippen molar-refractivity contribution in [1.82, 2.24) is 15.1 Å². The zero-order chi connectivity index (χ0) is 12.3. The molecule has 1 unspecified atom stereocenters. The first-order valence-corrected chi connectivity index (χ1v) is 4.91. The maximum atomic E-state index is 11.7. The molecule has 16 heavy (non-hydrogen) atoms. The van der Waals surface area contributed by atoms with Crippen LogP contribution in [-0.4, -0.2) is 66.0 Å². The molecule has 1 heterocycles. The standard InChI is InChI=1S/C9H15N3O4/c1-11(2)9(16)12-4-3-10-8(15)6(12)5-7(13)14/h6H,3-5H2,1-2H3,(H,10,15)(H,13,14). The number of nitrogens with zero attached hydrogens (tertiary/aromatic N) is 2. The topological polar surface area (TPSA) is 90.0 Å². The number of amides is 3. The van der Waals surface area contributed by atoms with Gasteiger partial charge in [0, 0.05) is 27.2 Å². The molecule has 1 saturated heterocycles. The molecule has 0 bridgehead atoms. The monoisotopic (exact) mass is 229 g/mol. The maximum Gasteiger partial charge on any atom is 0.320 e. The summed E-state index contributed by atoms with van der Waals surface area (Å²) in [6.45, 7) is 0.690. The van der Waals surface area contributed by atoms with E-state index in [1.54, 1.807) is 14.1 Å². The summed E-state index contributed by atoms with van der Waals surface area (Å²) in [4.78, 5) is 36.4. The Labute approximate surface area is 93.0 Å². The highest BCUT2D eigenvalue weighted by atomic mass is 16.4. The molecule has 1 atom stereocenters. The molecule has 90 valence electrons. The highest BCUT2D eigenvalue weighted by Gasteiger charge is 2.35. The minimum absolute atomic E-state index is 0.334. The Morgan fingerprint density at radius 2 is 2.19 bits per heavy atom. The van der Waals surface area contributed by atoms with E-state index in [-0.39, 0.29) is 12.5 Å². The van der Waals surface area contributed by atoms with Gasteiger partial charge in [-0.15, -0.1) is 0 Å². The van der Waals surface area contributed by atoms with Crippen LogP contribution in [0.25, 0.3) is 0 Å².